The SMILES string of the molecule is CC(CO)c1cc(F)c(S(C)(=O)=O)cc1F. The van der Waals surface area contributed by atoms with E-state index < -0.39 is 32.3 Å². The van der Waals surface area contributed by atoms with Gasteiger partial charge in [-0.1, -0.05) is 6.92 Å². The molecule has 0 aliphatic rings. The van der Waals surface area contributed by atoms with E-state index in [2.05, 4.69) is 0 Å². The molecule has 0 amide bonds. The summed E-state index contributed by atoms with van der Waals surface area (Å²) in [5, 5.41) is 8.83. The maximum absolute atomic E-state index is 13.5. The number of rotatable bonds is 3. The normalized spacial score (nSPS) is 13.8. The molecule has 6 heteroatoms. The predicted molar refractivity (Wildman–Crippen MR) is 55.0 cm³/mol. The molecule has 0 aliphatic heterocycles. The summed E-state index contributed by atoms with van der Waals surface area (Å²) in [6.45, 7) is 1.17. The second-order valence-corrected chi connectivity index (χ2v) is 5.64. The first-order chi connectivity index (χ1) is 7.27. The molecule has 0 spiro atoms. The van der Waals surface area contributed by atoms with Crippen molar-refractivity contribution in [2.45, 2.75) is 17.7 Å². The molecule has 0 fully saturated rings. The fraction of sp³-hybridized carbons (Fsp3) is 0.400. The van der Waals surface area contributed by atoms with Crippen molar-refractivity contribution < 1.29 is 22.3 Å². The number of hydrogen-bond acceptors (Lipinski definition) is 3. The van der Waals surface area contributed by atoms with Crippen molar-refractivity contribution >= 4 is 9.84 Å². The van der Waals surface area contributed by atoms with Crippen LogP contribution in [0.3, 0.4) is 0 Å². The van der Waals surface area contributed by atoms with Gasteiger partial charge in [-0.2, -0.15) is 0 Å². The van der Waals surface area contributed by atoms with Gasteiger partial charge in [-0.15, -0.1) is 0 Å². The summed E-state index contributed by atoms with van der Waals surface area (Å²) in [5.74, 6) is -2.41. The topological polar surface area (TPSA) is 54.4 Å². The highest BCUT2D eigenvalue weighted by Gasteiger charge is 2.19. The Hall–Kier alpha value is -1.01. The van der Waals surface area contributed by atoms with E-state index in [1.807, 2.05) is 0 Å². The van der Waals surface area contributed by atoms with E-state index in [-0.39, 0.29) is 12.2 Å². The first-order valence-corrected chi connectivity index (χ1v) is 6.46. The third-order valence-electron chi connectivity index (χ3n) is 2.26. The van der Waals surface area contributed by atoms with Crippen molar-refractivity contribution in [3.8, 4) is 0 Å². The Morgan fingerprint density at radius 3 is 2.31 bits per heavy atom. The minimum absolute atomic E-state index is 0.0348. The number of hydrogen-bond donors (Lipinski definition) is 1. The van der Waals surface area contributed by atoms with Crippen LogP contribution < -0.4 is 0 Å². The first kappa shape index (κ1) is 13.1. The highest BCUT2D eigenvalue weighted by Crippen LogP contribution is 2.24. The lowest BCUT2D eigenvalue weighted by atomic mass is 10.0. The molecule has 0 aromatic heterocycles. The standard InChI is InChI=1S/C10H12F2O3S/c1-6(5-13)7-3-9(12)10(4-8(7)11)16(2,14)15/h3-4,6,13H,5H2,1-2H3. The number of halogens is 2. The Kier molecular flexibility index (Phi) is 3.64. The van der Waals surface area contributed by atoms with Gasteiger partial charge in [0.25, 0.3) is 0 Å². The molecule has 0 heterocycles. The van der Waals surface area contributed by atoms with E-state index >= 15 is 0 Å². The summed E-state index contributed by atoms with van der Waals surface area (Å²) in [4.78, 5) is -0.668. The molecule has 0 bridgehead atoms. The summed E-state index contributed by atoms with van der Waals surface area (Å²) < 4.78 is 49.1. The van der Waals surface area contributed by atoms with E-state index in [0.717, 1.165) is 12.3 Å². The molecule has 1 aromatic carbocycles. The molecular formula is C10H12F2O3S. The van der Waals surface area contributed by atoms with Crippen LogP contribution >= 0.6 is 0 Å². The largest absolute Gasteiger partial charge is 0.396 e. The molecule has 90 valence electrons. The fourth-order valence-electron chi connectivity index (χ4n) is 1.30. The first-order valence-electron chi connectivity index (χ1n) is 4.57. The molecule has 1 aromatic rings. The van der Waals surface area contributed by atoms with E-state index in [9.17, 15) is 17.2 Å². The second kappa shape index (κ2) is 4.47. The second-order valence-electron chi connectivity index (χ2n) is 3.66. The van der Waals surface area contributed by atoms with Crippen LogP contribution in [0.4, 0.5) is 8.78 Å². The Bertz CT molecular complexity index is 497. The Morgan fingerprint density at radius 2 is 1.88 bits per heavy atom. The zero-order chi connectivity index (χ0) is 12.5. The lowest BCUT2D eigenvalue weighted by molar-refractivity contribution is 0.270. The van der Waals surface area contributed by atoms with Gasteiger partial charge in [-0.25, -0.2) is 17.2 Å². The van der Waals surface area contributed by atoms with Crippen LogP contribution in [-0.4, -0.2) is 26.4 Å². The number of benzene rings is 1. The molecule has 0 saturated heterocycles. The Balaban J connectivity index is 3.39. The molecule has 3 nitrogen and oxygen atoms in total. The molecule has 0 radical (unpaired) electrons. The van der Waals surface area contributed by atoms with Crippen molar-refractivity contribution in [1.29, 1.82) is 0 Å². The maximum Gasteiger partial charge on any atom is 0.178 e. The van der Waals surface area contributed by atoms with Crippen molar-refractivity contribution in [1.82, 2.24) is 0 Å². The van der Waals surface area contributed by atoms with Gasteiger partial charge in [0.1, 0.15) is 16.5 Å². The highest BCUT2D eigenvalue weighted by atomic mass is 32.2. The molecular weight excluding hydrogens is 238 g/mol. The van der Waals surface area contributed by atoms with Crippen LogP contribution in [0.2, 0.25) is 0 Å². The third-order valence-corrected chi connectivity index (χ3v) is 3.37. The maximum atomic E-state index is 13.5. The zero-order valence-corrected chi connectivity index (χ0v) is 9.68. The zero-order valence-electron chi connectivity index (χ0n) is 8.87. The predicted octanol–water partition coefficient (Wildman–Crippen LogP) is 1.46. The van der Waals surface area contributed by atoms with Gasteiger partial charge in [0.2, 0.25) is 0 Å². The molecule has 1 atom stereocenters. The molecule has 1 N–H and O–H groups in total. The lowest BCUT2D eigenvalue weighted by Crippen LogP contribution is -2.07. The van der Waals surface area contributed by atoms with E-state index in [0.29, 0.717) is 6.07 Å². The lowest BCUT2D eigenvalue weighted by Gasteiger charge is -2.11. The van der Waals surface area contributed by atoms with Crippen LogP contribution in [0.25, 0.3) is 0 Å². The number of aliphatic hydroxyl groups is 1. The van der Waals surface area contributed by atoms with Crippen LogP contribution in [0, 0.1) is 11.6 Å². The van der Waals surface area contributed by atoms with Gasteiger partial charge >= 0.3 is 0 Å². The van der Waals surface area contributed by atoms with Crippen molar-refractivity contribution in [3.05, 3.63) is 29.3 Å². The van der Waals surface area contributed by atoms with E-state index in [4.69, 9.17) is 5.11 Å². The molecule has 1 rings (SSSR count). The molecule has 16 heavy (non-hydrogen) atoms. The molecule has 1 unspecified atom stereocenters. The molecule has 0 saturated carbocycles. The third kappa shape index (κ3) is 2.56. The van der Waals surface area contributed by atoms with Gasteiger partial charge in [-0.3, -0.25) is 0 Å². The average molecular weight is 250 g/mol. The van der Waals surface area contributed by atoms with E-state index in [1.54, 1.807) is 0 Å². The van der Waals surface area contributed by atoms with Crippen LogP contribution in [0.15, 0.2) is 17.0 Å². The van der Waals surface area contributed by atoms with E-state index in [1.165, 1.54) is 6.92 Å². The van der Waals surface area contributed by atoms with Gasteiger partial charge in [0.05, 0.1) is 0 Å². The summed E-state index contributed by atoms with van der Waals surface area (Å²) in [5.41, 5.74) is -0.0348. The smallest absolute Gasteiger partial charge is 0.178 e. The highest BCUT2D eigenvalue weighted by molar-refractivity contribution is 7.90. The quantitative estimate of drug-likeness (QED) is 0.883. The van der Waals surface area contributed by atoms with Crippen molar-refractivity contribution in [2.24, 2.45) is 0 Å². The van der Waals surface area contributed by atoms with Crippen LogP contribution in [0.1, 0.15) is 18.4 Å². The molecule has 0 aliphatic carbocycles. The fourth-order valence-corrected chi connectivity index (χ4v) is 2.03. The number of aliphatic hydroxyl groups excluding tert-OH is 1. The minimum Gasteiger partial charge on any atom is -0.396 e. The summed E-state index contributed by atoms with van der Waals surface area (Å²) in [7, 11) is -3.78. The van der Waals surface area contributed by atoms with Crippen molar-refractivity contribution in [3.63, 3.8) is 0 Å². The average Bonchev–Trinajstić information content (AvgIpc) is 2.18. The summed E-state index contributed by atoms with van der Waals surface area (Å²) in [6, 6.07) is 1.46. The Labute approximate surface area is 92.6 Å². The number of sulfone groups is 1. The summed E-state index contributed by atoms with van der Waals surface area (Å²) in [6.07, 6.45) is 0.806. The van der Waals surface area contributed by atoms with Crippen molar-refractivity contribution in [2.75, 3.05) is 12.9 Å². The van der Waals surface area contributed by atoms with Gasteiger partial charge in [0.15, 0.2) is 9.84 Å². The Morgan fingerprint density at radius 1 is 1.31 bits per heavy atom. The van der Waals surface area contributed by atoms with Gasteiger partial charge in [0, 0.05) is 18.8 Å². The van der Waals surface area contributed by atoms with Gasteiger partial charge in [-0.05, 0) is 17.7 Å². The van der Waals surface area contributed by atoms with Crippen LogP contribution in [-0.2, 0) is 9.84 Å². The monoisotopic (exact) mass is 250 g/mol. The summed E-state index contributed by atoms with van der Waals surface area (Å²) >= 11 is 0. The minimum atomic E-state index is -3.78. The van der Waals surface area contributed by atoms with Gasteiger partial charge < -0.3 is 5.11 Å². The van der Waals surface area contributed by atoms with Crippen LogP contribution in [0.5, 0.6) is 0 Å².